The smallest absolute Gasteiger partial charge is 0.127 e. The van der Waals surface area contributed by atoms with Gasteiger partial charge >= 0.3 is 0 Å². The highest BCUT2D eigenvalue weighted by Gasteiger charge is 2.15. The summed E-state index contributed by atoms with van der Waals surface area (Å²) in [6, 6.07) is 11.0. The van der Waals surface area contributed by atoms with E-state index in [4.69, 9.17) is 11.6 Å². The summed E-state index contributed by atoms with van der Waals surface area (Å²) in [6.07, 6.45) is 2.01. The number of nitrogens with one attached hydrogen (secondary N) is 1. The van der Waals surface area contributed by atoms with Crippen LogP contribution in [0, 0.1) is 5.82 Å². The molecule has 1 aliphatic heterocycles. The van der Waals surface area contributed by atoms with Gasteiger partial charge in [0.05, 0.1) is 5.02 Å². The lowest BCUT2D eigenvalue weighted by Crippen LogP contribution is -2.16. The summed E-state index contributed by atoms with van der Waals surface area (Å²) < 4.78 is 13.7. The zero-order valence-electron chi connectivity index (χ0n) is 11.7. The highest BCUT2D eigenvalue weighted by Crippen LogP contribution is 2.36. The van der Waals surface area contributed by atoms with E-state index in [1.165, 1.54) is 17.2 Å². The molecule has 21 heavy (non-hydrogen) atoms. The molecule has 1 aliphatic rings. The van der Waals surface area contributed by atoms with Gasteiger partial charge in [0.1, 0.15) is 5.82 Å². The van der Waals surface area contributed by atoms with Crippen molar-refractivity contribution in [1.82, 2.24) is 5.32 Å². The molecule has 0 bridgehead atoms. The van der Waals surface area contributed by atoms with Crippen LogP contribution in [-0.2, 0) is 18.6 Å². The Morgan fingerprint density at radius 2 is 1.90 bits per heavy atom. The van der Waals surface area contributed by atoms with Crippen LogP contribution >= 0.6 is 23.4 Å². The molecule has 1 heterocycles. The number of benzene rings is 2. The van der Waals surface area contributed by atoms with Gasteiger partial charge in [-0.05, 0) is 54.8 Å². The third-order valence-corrected chi connectivity index (χ3v) is 5.40. The first kappa shape index (κ1) is 14.9. The summed E-state index contributed by atoms with van der Waals surface area (Å²) >= 11 is 8.02. The Kier molecular flexibility index (Phi) is 4.84. The molecule has 110 valence electrons. The Morgan fingerprint density at radius 1 is 1.10 bits per heavy atom. The number of rotatable bonds is 3. The Balaban J connectivity index is 1.86. The van der Waals surface area contributed by atoms with E-state index in [0.717, 1.165) is 41.4 Å². The van der Waals surface area contributed by atoms with Crippen LogP contribution in [0.3, 0.4) is 0 Å². The largest absolute Gasteiger partial charge is 0.316 e. The molecular formula is C17H17ClFNS. The molecule has 0 aromatic heterocycles. The van der Waals surface area contributed by atoms with Crippen molar-refractivity contribution in [2.75, 3.05) is 13.1 Å². The van der Waals surface area contributed by atoms with Gasteiger partial charge in [-0.1, -0.05) is 35.9 Å². The second kappa shape index (κ2) is 6.82. The molecule has 0 atom stereocenters. The minimum atomic E-state index is -0.148. The summed E-state index contributed by atoms with van der Waals surface area (Å²) in [5.74, 6) is 0.459. The van der Waals surface area contributed by atoms with E-state index < -0.39 is 0 Å². The molecular weight excluding hydrogens is 305 g/mol. The Hall–Kier alpha value is -1.03. The second-order valence-electron chi connectivity index (χ2n) is 5.14. The van der Waals surface area contributed by atoms with Gasteiger partial charge in [-0.15, -0.1) is 11.8 Å². The number of hydrogen-bond donors (Lipinski definition) is 1. The predicted octanol–water partition coefficient (Wildman–Crippen LogP) is 4.46. The van der Waals surface area contributed by atoms with Crippen LogP contribution < -0.4 is 5.32 Å². The summed E-state index contributed by atoms with van der Waals surface area (Å²) in [5.41, 5.74) is 3.41. The topological polar surface area (TPSA) is 12.0 Å². The quantitative estimate of drug-likeness (QED) is 0.838. The highest BCUT2D eigenvalue weighted by atomic mass is 35.5. The van der Waals surface area contributed by atoms with Gasteiger partial charge in [-0.3, -0.25) is 0 Å². The molecule has 0 radical (unpaired) electrons. The van der Waals surface area contributed by atoms with Crippen LogP contribution in [0.1, 0.15) is 16.7 Å². The van der Waals surface area contributed by atoms with E-state index in [2.05, 4.69) is 11.4 Å². The van der Waals surface area contributed by atoms with Crippen LogP contribution in [0.5, 0.6) is 0 Å². The van der Waals surface area contributed by atoms with Crippen molar-refractivity contribution in [2.24, 2.45) is 0 Å². The zero-order valence-corrected chi connectivity index (χ0v) is 13.2. The van der Waals surface area contributed by atoms with Crippen LogP contribution in [0.25, 0.3) is 0 Å². The monoisotopic (exact) mass is 321 g/mol. The summed E-state index contributed by atoms with van der Waals surface area (Å²) in [7, 11) is 0. The fourth-order valence-corrected chi connectivity index (χ4v) is 4.12. The van der Waals surface area contributed by atoms with E-state index in [-0.39, 0.29) is 5.82 Å². The lowest BCUT2D eigenvalue weighted by atomic mass is 10.0. The predicted molar refractivity (Wildman–Crippen MR) is 87.7 cm³/mol. The number of hydrogen-bond acceptors (Lipinski definition) is 2. The van der Waals surface area contributed by atoms with Gasteiger partial charge in [0, 0.05) is 10.6 Å². The van der Waals surface area contributed by atoms with E-state index >= 15 is 0 Å². The van der Waals surface area contributed by atoms with Crippen molar-refractivity contribution < 1.29 is 4.39 Å². The first-order valence-electron chi connectivity index (χ1n) is 7.13. The fourth-order valence-electron chi connectivity index (χ4n) is 2.63. The van der Waals surface area contributed by atoms with Crippen molar-refractivity contribution in [3.05, 3.63) is 63.9 Å². The second-order valence-corrected chi connectivity index (χ2v) is 6.54. The van der Waals surface area contributed by atoms with E-state index in [0.29, 0.717) is 5.75 Å². The molecule has 0 fully saturated rings. The van der Waals surface area contributed by atoms with Gasteiger partial charge < -0.3 is 5.32 Å². The first-order chi connectivity index (χ1) is 10.3. The van der Waals surface area contributed by atoms with Crippen molar-refractivity contribution in [2.45, 2.75) is 23.5 Å². The lowest BCUT2D eigenvalue weighted by Gasteiger charge is -2.14. The fraction of sp³-hybridized carbons (Fsp3) is 0.294. The van der Waals surface area contributed by atoms with Gasteiger partial charge in [-0.2, -0.15) is 0 Å². The molecule has 0 aliphatic carbocycles. The lowest BCUT2D eigenvalue weighted by molar-refractivity contribution is 0.617. The third kappa shape index (κ3) is 3.42. The normalized spacial score (nSPS) is 14.6. The highest BCUT2D eigenvalue weighted by molar-refractivity contribution is 7.98. The van der Waals surface area contributed by atoms with Crippen molar-refractivity contribution >= 4 is 23.4 Å². The third-order valence-electron chi connectivity index (χ3n) is 3.76. The van der Waals surface area contributed by atoms with E-state index in [1.54, 1.807) is 17.8 Å². The molecule has 2 aromatic rings. The van der Waals surface area contributed by atoms with Gasteiger partial charge in [0.2, 0.25) is 0 Å². The first-order valence-corrected chi connectivity index (χ1v) is 8.49. The minimum Gasteiger partial charge on any atom is -0.316 e. The zero-order chi connectivity index (χ0) is 14.7. The number of thioether (sulfide) groups is 1. The molecule has 0 amide bonds. The Morgan fingerprint density at radius 3 is 2.76 bits per heavy atom. The van der Waals surface area contributed by atoms with Gasteiger partial charge in [-0.25, -0.2) is 4.39 Å². The van der Waals surface area contributed by atoms with E-state index in [9.17, 15) is 4.39 Å². The number of halogens is 2. The van der Waals surface area contributed by atoms with Crippen molar-refractivity contribution in [3.8, 4) is 0 Å². The van der Waals surface area contributed by atoms with Crippen LogP contribution in [0.2, 0.25) is 5.02 Å². The maximum absolute atomic E-state index is 13.7. The SMILES string of the molecule is Fc1ccccc1CSc1c(Cl)ccc2c1CCNCC2. The Labute approximate surface area is 133 Å². The number of fused-ring (bicyclic) bond motifs is 1. The minimum absolute atomic E-state index is 0.148. The molecule has 3 rings (SSSR count). The molecule has 0 spiro atoms. The van der Waals surface area contributed by atoms with Gasteiger partial charge in [0.15, 0.2) is 0 Å². The van der Waals surface area contributed by atoms with Crippen LogP contribution in [-0.4, -0.2) is 13.1 Å². The maximum Gasteiger partial charge on any atom is 0.127 e. The van der Waals surface area contributed by atoms with Gasteiger partial charge in [0.25, 0.3) is 0 Å². The average Bonchev–Trinajstić information content (AvgIpc) is 2.73. The molecule has 0 saturated carbocycles. The summed E-state index contributed by atoms with van der Waals surface area (Å²) in [4.78, 5) is 1.11. The summed E-state index contributed by atoms with van der Waals surface area (Å²) in [5, 5.41) is 4.19. The summed E-state index contributed by atoms with van der Waals surface area (Å²) in [6.45, 7) is 1.98. The van der Waals surface area contributed by atoms with E-state index in [1.807, 2.05) is 18.2 Å². The average molecular weight is 322 g/mol. The maximum atomic E-state index is 13.7. The molecule has 0 saturated heterocycles. The van der Waals surface area contributed by atoms with Crippen LogP contribution in [0.15, 0.2) is 41.3 Å². The standard InChI is InChI=1S/C17H17ClFNS/c18-15-6-5-12-7-9-20-10-8-14(12)17(15)21-11-13-3-1-2-4-16(13)19/h1-6,20H,7-11H2. The van der Waals surface area contributed by atoms with Crippen molar-refractivity contribution in [1.29, 1.82) is 0 Å². The van der Waals surface area contributed by atoms with Crippen LogP contribution in [0.4, 0.5) is 4.39 Å². The molecule has 0 unspecified atom stereocenters. The molecule has 4 heteroatoms. The Bertz CT molecular complexity index is 645. The molecule has 1 nitrogen and oxygen atoms in total. The van der Waals surface area contributed by atoms with Crippen molar-refractivity contribution in [3.63, 3.8) is 0 Å². The molecule has 1 N–H and O–H groups in total. The molecule has 2 aromatic carbocycles.